The molecule has 0 aliphatic rings. The summed E-state index contributed by atoms with van der Waals surface area (Å²) < 4.78 is 137. The molecule has 5 nitrogen and oxygen atoms in total. The van der Waals surface area contributed by atoms with Gasteiger partial charge >= 0.3 is 0 Å². The predicted octanol–water partition coefficient (Wildman–Crippen LogP) is 13.4. The van der Waals surface area contributed by atoms with E-state index in [2.05, 4.69) is 4.98 Å². The highest BCUT2D eigenvalue weighted by Gasteiger charge is 2.22. The van der Waals surface area contributed by atoms with E-state index in [0.717, 1.165) is 22.5 Å². The van der Waals surface area contributed by atoms with Crippen LogP contribution in [0.15, 0.2) is 133 Å². The molecule has 0 spiro atoms. The molecular formula is C48H40N4OS. The molecule has 0 amide bonds. The van der Waals surface area contributed by atoms with Crippen LogP contribution in [-0.4, -0.2) is 19.1 Å². The number of hydrogen-bond donors (Lipinski definition) is 0. The molecule has 5 aromatic heterocycles. The minimum absolute atomic E-state index is 0.0154. The first kappa shape index (κ1) is 21.0. The van der Waals surface area contributed by atoms with Crippen LogP contribution in [0.25, 0.3) is 75.4 Å². The third-order valence-electron chi connectivity index (χ3n) is 9.78. The Hall–Kier alpha value is -5.98. The number of pyridine rings is 2. The van der Waals surface area contributed by atoms with E-state index in [0.29, 0.717) is 5.82 Å². The maximum atomic E-state index is 9.60. The Balaban J connectivity index is 1.32. The fourth-order valence-corrected chi connectivity index (χ4v) is 8.00. The van der Waals surface area contributed by atoms with Crippen molar-refractivity contribution in [3.8, 4) is 23.1 Å². The van der Waals surface area contributed by atoms with E-state index in [4.69, 9.17) is 20.7 Å². The normalized spacial score (nSPS) is 16.3. The molecule has 5 heterocycles. The van der Waals surface area contributed by atoms with Crippen molar-refractivity contribution in [1.82, 2.24) is 19.1 Å². The van der Waals surface area contributed by atoms with Gasteiger partial charge in [-0.05, 0) is 88.5 Å². The van der Waals surface area contributed by atoms with Crippen LogP contribution in [0, 0.1) is 0 Å². The number of fused-ring (bicyclic) bond motifs is 10. The molecule has 54 heavy (non-hydrogen) atoms. The average Bonchev–Trinajstić information content (AvgIpc) is 3.97. The van der Waals surface area contributed by atoms with E-state index in [1.165, 1.54) is 16.7 Å². The average molecular weight is 735 g/mol. The first-order valence-electron chi connectivity index (χ1n) is 24.4. The molecule has 0 unspecified atom stereocenters. The molecule has 0 bridgehead atoms. The van der Waals surface area contributed by atoms with Crippen molar-refractivity contribution in [2.75, 3.05) is 0 Å². The van der Waals surface area contributed by atoms with Crippen molar-refractivity contribution in [1.29, 1.82) is 0 Å². The van der Waals surface area contributed by atoms with Crippen LogP contribution in [0.2, 0.25) is 0 Å². The van der Waals surface area contributed by atoms with Crippen LogP contribution >= 0.6 is 11.3 Å². The van der Waals surface area contributed by atoms with Gasteiger partial charge in [-0.25, -0.2) is 9.97 Å². The van der Waals surface area contributed by atoms with E-state index in [1.807, 2.05) is 59.7 Å². The summed E-state index contributed by atoms with van der Waals surface area (Å²) >= 11 is 0.974. The maximum Gasteiger partial charge on any atom is 0.137 e. The number of nitrogens with zero attached hydrogens (tertiary/aromatic N) is 4. The van der Waals surface area contributed by atoms with E-state index in [9.17, 15) is 8.22 Å². The van der Waals surface area contributed by atoms with Crippen LogP contribution in [0.4, 0.5) is 0 Å². The molecule has 5 aromatic carbocycles. The zero-order chi connectivity index (χ0) is 49.1. The molecule has 0 atom stereocenters. The van der Waals surface area contributed by atoms with E-state index in [1.54, 1.807) is 23.0 Å². The molecule has 0 N–H and O–H groups in total. The third kappa shape index (κ3) is 5.12. The van der Waals surface area contributed by atoms with Gasteiger partial charge in [0.15, 0.2) is 0 Å². The fraction of sp³-hybridized carbons (Fsp3) is 0.167. The number of ether oxygens (including phenoxy) is 1. The fourth-order valence-electron chi connectivity index (χ4n) is 7.03. The number of aromatic nitrogens is 4. The minimum atomic E-state index is -0.515. The number of rotatable bonds is 4. The lowest BCUT2D eigenvalue weighted by Crippen LogP contribution is -2.12. The summed E-state index contributed by atoms with van der Waals surface area (Å²) in [6.45, 7) is 12.1. The zero-order valence-electron chi connectivity index (χ0n) is 44.2. The molecule has 0 aliphatic heterocycles. The summed E-state index contributed by atoms with van der Waals surface area (Å²) in [5.74, 6) is 0.114. The Bertz CT molecular complexity index is 3920. The summed E-state index contributed by atoms with van der Waals surface area (Å²) in [4.78, 5) is 9.38. The van der Waals surface area contributed by atoms with Gasteiger partial charge < -0.3 is 4.74 Å². The molecule has 10 rings (SSSR count). The largest absolute Gasteiger partial charge is 0.457 e. The highest BCUT2D eigenvalue weighted by atomic mass is 32.1. The van der Waals surface area contributed by atoms with Crippen LogP contribution in [0.1, 0.15) is 71.9 Å². The highest BCUT2D eigenvalue weighted by molar-refractivity contribution is 7.26. The second-order valence-electron chi connectivity index (χ2n) is 15.3. The van der Waals surface area contributed by atoms with Crippen LogP contribution in [0.3, 0.4) is 0 Å². The van der Waals surface area contributed by atoms with Crippen LogP contribution in [0.5, 0.6) is 11.5 Å². The van der Waals surface area contributed by atoms with Crippen molar-refractivity contribution in [3.05, 3.63) is 145 Å². The van der Waals surface area contributed by atoms with Gasteiger partial charge in [0.25, 0.3) is 0 Å². The quantitative estimate of drug-likeness (QED) is 0.181. The van der Waals surface area contributed by atoms with Gasteiger partial charge in [0, 0.05) is 66.2 Å². The lowest BCUT2D eigenvalue weighted by Gasteiger charge is -2.20. The second-order valence-corrected chi connectivity index (χ2v) is 16.3. The molecular weight excluding hydrogens is 681 g/mol. The Morgan fingerprint density at radius 1 is 0.537 bits per heavy atom. The van der Waals surface area contributed by atoms with Crippen molar-refractivity contribution < 1.29 is 23.9 Å². The lowest BCUT2D eigenvalue weighted by molar-refractivity contribution is 0.484. The molecule has 0 saturated carbocycles. The predicted molar refractivity (Wildman–Crippen MR) is 228 cm³/mol. The molecule has 0 fully saturated rings. The second kappa shape index (κ2) is 11.8. The Labute approximate surface area is 337 Å². The van der Waals surface area contributed by atoms with Gasteiger partial charge in [-0.3, -0.25) is 9.13 Å². The van der Waals surface area contributed by atoms with Gasteiger partial charge in [0.1, 0.15) is 23.1 Å². The van der Waals surface area contributed by atoms with E-state index < -0.39 is 54.4 Å². The van der Waals surface area contributed by atoms with Crippen LogP contribution < -0.4 is 4.74 Å². The molecule has 0 saturated heterocycles. The molecule has 264 valence electrons. The van der Waals surface area contributed by atoms with Crippen molar-refractivity contribution >= 4 is 75.1 Å². The lowest BCUT2D eigenvalue weighted by atomic mass is 9.88. The molecule has 6 heteroatoms. The number of hydrogen-bond acceptors (Lipinski definition) is 4. The van der Waals surface area contributed by atoms with Crippen molar-refractivity contribution in [3.63, 3.8) is 0 Å². The van der Waals surface area contributed by atoms with E-state index >= 15 is 0 Å². The molecule has 0 radical (unpaired) electrons. The Morgan fingerprint density at radius 2 is 1.07 bits per heavy atom. The van der Waals surface area contributed by atoms with Crippen molar-refractivity contribution in [2.24, 2.45) is 0 Å². The maximum absolute atomic E-state index is 9.60. The number of thiophene rings is 1. The zero-order valence-corrected chi connectivity index (χ0v) is 31.0. The smallest absolute Gasteiger partial charge is 0.137 e. The molecule has 10 aromatic rings. The topological polar surface area (TPSA) is 44.9 Å². The first-order chi connectivity index (χ1) is 31.9. The Kier molecular flexibility index (Phi) is 4.58. The van der Waals surface area contributed by atoms with Crippen molar-refractivity contribution in [2.45, 2.75) is 52.4 Å². The standard InChI is InChI=1S/C48H40N4OS/c1-47(2,3)29-21-23-49-43(25-29)51-38-13-9-7-11-33(38)34-17-15-31(27-39(34)51)53-32-16-18-35-36-19-20-42-45(37-12-8-10-14-41(37)54-42)46(36)52(40(35)28-32)44-26-30(22-24-50-44)48(4,5)6/h7-28H,1-6H3/i7D,8D,9D,10D,11D,12D,13D,14D,15D,16D,17D,18D,19D,20D. The van der Waals surface area contributed by atoms with Gasteiger partial charge in [0.2, 0.25) is 0 Å². The summed E-state index contributed by atoms with van der Waals surface area (Å²) in [6, 6.07) is 4.51. The monoisotopic (exact) mass is 734 g/mol. The van der Waals surface area contributed by atoms with E-state index in [-0.39, 0.29) is 122 Å². The Morgan fingerprint density at radius 3 is 1.74 bits per heavy atom. The summed E-state index contributed by atoms with van der Waals surface area (Å²) in [6.07, 6.45) is 3.20. The van der Waals surface area contributed by atoms with Gasteiger partial charge in [0.05, 0.1) is 41.3 Å². The van der Waals surface area contributed by atoms with Gasteiger partial charge in [-0.2, -0.15) is 0 Å². The summed E-state index contributed by atoms with van der Waals surface area (Å²) in [5.41, 5.74) is 1.66. The summed E-state index contributed by atoms with van der Waals surface area (Å²) in [7, 11) is 0. The third-order valence-corrected chi connectivity index (χ3v) is 10.8. The SMILES string of the molecule is [2H]c1c([2H])c([2H])c2c(sc3c([2H])c([2H])c4c5c([2H])c([2H])c(Oc6cc7c(c([2H])c6[2H])c6c([2H])c([2H])c([2H])c([2H])c6n7-c6cc(C(C)(C)C)ccn6)cc5n(-c5cc(C(C)(C)C)ccn5)c4c32)c1[2H]. The van der Waals surface area contributed by atoms with Gasteiger partial charge in [-0.1, -0.05) is 83.8 Å². The van der Waals surface area contributed by atoms with Gasteiger partial charge in [-0.15, -0.1) is 11.3 Å². The number of para-hydroxylation sites is 1. The van der Waals surface area contributed by atoms with Crippen LogP contribution in [-0.2, 0) is 10.8 Å². The molecule has 0 aliphatic carbocycles. The minimum Gasteiger partial charge on any atom is -0.457 e. The first-order valence-corrected chi connectivity index (χ1v) is 18.2. The number of benzene rings is 5. The summed E-state index contributed by atoms with van der Waals surface area (Å²) in [5, 5.41) is 0.625. The highest BCUT2D eigenvalue weighted by Crippen LogP contribution is 2.44.